The standard InChI is InChI=1S/C63H78N10O11S/c1-39(2)83-53-6-4-3-5-45(53)52-35-69(38-61-13-16-63(17-14-61,18-15-61)60(64)75)24-25-71(52)43-33-62(34-43)19-22-70(23-20-62)42-7-8-46(49(30-42)72-48-12-28-81-37-55(48)84-59-51(72)29-41-9-21-65-57(41)67-59)58(74)68-85(78,79)44-31-50(73(76)77)56-54(32-44)82-36-47(66-56)40-10-26-80-27-11-40/h3-9,21,29-32,39-40,43,47-48,52,55,66H,10-20,22-28,33-38H2,1-2H3,(H2,64,75)(H,65,67)(H,68,74)/t47-,48-,52-,55-,61?,63?/m0/s1. The molecule has 2 bridgehead atoms. The zero-order chi connectivity index (χ0) is 58.4. The van der Waals surface area contributed by atoms with Gasteiger partial charge in [0.2, 0.25) is 11.8 Å². The molecule has 1 spiro atoms. The minimum atomic E-state index is -4.72. The van der Waals surface area contributed by atoms with E-state index in [2.05, 4.69) is 72.7 Å². The molecule has 4 saturated carbocycles. The summed E-state index contributed by atoms with van der Waals surface area (Å²) < 4.78 is 62.0. The number of primary amides is 1. The van der Waals surface area contributed by atoms with Gasteiger partial charge in [-0.25, -0.2) is 13.1 Å². The fourth-order valence-corrected chi connectivity index (χ4v) is 17.2. The van der Waals surface area contributed by atoms with Gasteiger partial charge in [0, 0.05) is 106 Å². The summed E-state index contributed by atoms with van der Waals surface area (Å²) in [6, 6.07) is 20.4. The van der Waals surface area contributed by atoms with Crippen molar-refractivity contribution in [2.45, 2.75) is 139 Å². The van der Waals surface area contributed by atoms with E-state index in [9.17, 15) is 28.1 Å². The molecule has 4 saturated heterocycles. The molecule has 2 amide bonds. The van der Waals surface area contributed by atoms with Crippen LogP contribution in [-0.4, -0.2) is 148 Å². The van der Waals surface area contributed by atoms with Crippen molar-refractivity contribution in [2.75, 3.05) is 87.4 Å². The molecule has 6 aliphatic heterocycles. The number of nitrogens with one attached hydrogen (secondary N) is 3. The number of aromatic nitrogens is 2. The number of carbonyl (C=O) groups excluding carboxylic acids is 2. The first-order chi connectivity index (χ1) is 41.0. The number of anilines is 4. The number of nitro benzene ring substituents is 1. The van der Waals surface area contributed by atoms with Crippen LogP contribution in [-0.2, 0) is 24.3 Å². The average Bonchev–Trinajstić information content (AvgIpc) is 2.00. The molecule has 8 heterocycles. The molecule has 3 aromatic carbocycles. The van der Waals surface area contributed by atoms with Gasteiger partial charge >= 0.3 is 0 Å². The number of nitrogens with zero attached hydrogens (tertiary/aromatic N) is 6. The zero-order valence-corrected chi connectivity index (χ0v) is 49.4. The maximum atomic E-state index is 15.0. The molecule has 4 aliphatic carbocycles. The molecule has 452 valence electrons. The number of benzene rings is 3. The van der Waals surface area contributed by atoms with Gasteiger partial charge < -0.3 is 49.5 Å². The van der Waals surface area contributed by atoms with Crippen molar-refractivity contribution in [3.8, 4) is 17.4 Å². The first-order valence-corrected chi connectivity index (χ1v) is 32.3. The Labute approximate surface area is 495 Å². The second kappa shape index (κ2) is 21.9. The molecule has 5 aromatic rings. The maximum Gasteiger partial charge on any atom is 0.297 e. The predicted molar refractivity (Wildman–Crippen MR) is 319 cm³/mol. The van der Waals surface area contributed by atoms with Crippen LogP contribution in [0.3, 0.4) is 0 Å². The maximum absolute atomic E-state index is 15.0. The van der Waals surface area contributed by atoms with Crippen LogP contribution in [0.25, 0.3) is 11.0 Å². The molecule has 10 aliphatic rings. The number of ether oxygens (including phenoxy) is 5. The third kappa shape index (κ3) is 10.4. The van der Waals surface area contributed by atoms with E-state index in [1.807, 2.05) is 30.5 Å². The summed E-state index contributed by atoms with van der Waals surface area (Å²) in [6.45, 7) is 11.8. The lowest BCUT2D eigenvalue weighted by Crippen LogP contribution is -2.61. The third-order valence-electron chi connectivity index (χ3n) is 21.1. The molecule has 22 heteroatoms. The van der Waals surface area contributed by atoms with E-state index < -0.39 is 37.5 Å². The van der Waals surface area contributed by atoms with Crippen molar-refractivity contribution in [2.24, 2.45) is 27.9 Å². The summed E-state index contributed by atoms with van der Waals surface area (Å²) >= 11 is 0. The van der Waals surface area contributed by atoms with Crippen molar-refractivity contribution in [3.63, 3.8) is 0 Å². The Hall–Kier alpha value is -6.72. The second-order valence-electron chi connectivity index (χ2n) is 26.3. The lowest BCUT2D eigenvalue weighted by atomic mass is 9.53. The van der Waals surface area contributed by atoms with Crippen LogP contribution in [0.4, 0.5) is 28.4 Å². The monoisotopic (exact) mass is 1180 g/mol. The third-order valence-corrected chi connectivity index (χ3v) is 22.4. The lowest BCUT2D eigenvalue weighted by molar-refractivity contribution is -0.384. The first kappa shape index (κ1) is 56.1. The van der Waals surface area contributed by atoms with E-state index in [0.717, 1.165) is 139 Å². The quantitative estimate of drug-likeness (QED) is 0.0600. The number of aromatic amines is 1. The summed E-state index contributed by atoms with van der Waals surface area (Å²) in [6.07, 6.45) is 13.6. The highest BCUT2D eigenvalue weighted by molar-refractivity contribution is 7.90. The van der Waals surface area contributed by atoms with E-state index in [0.29, 0.717) is 55.2 Å². The Bertz CT molecular complexity index is 3490. The van der Waals surface area contributed by atoms with Crippen LogP contribution >= 0.6 is 0 Å². The van der Waals surface area contributed by atoms with Gasteiger partial charge in [-0.1, -0.05) is 18.2 Å². The molecule has 4 atom stereocenters. The number of fused-ring (bicyclic) bond motifs is 7. The molecule has 0 radical (unpaired) electrons. The fourth-order valence-electron chi connectivity index (χ4n) is 16.2. The van der Waals surface area contributed by atoms with Crippen LogP contribution in [0, 0.1) is 32.3 Å². The molecular weight excluding hydrogens is 1100 g/mol. The van der Waals surface area contributed by atoms with Crippen molar-refractivity contribution in [1.29, 1.82) is 0 Å². The number of amides is 2. The first-order valence-electron chi connectivity index (χ1n) is 30.9. The van der Waals surface area contributed by atoms with Crippen LogP contribution < -0.4 is 39.8 Å². The van der Waals surface area contributed by atoms with Gasteiger partial charge in [-0.05, 0) is 150 Å². The smallest absolute Gasteiger partial charge is 0.297 e. The number of rotatable bonds is 14. The summed E-state index contributed by atoms with van der Waals surface area (Å²) in [5.74, 6) is 0.480. The van der Waals surface area contributed by atoms with Crippen LogP contribution in [0.1, 0.15) is 119 Å². The molecule has 0 unspecified atom stereocenters. The summed E-state index contributed by atoms with van der Waals surface area (Å²) in [5, 5.41) is 16.7. The van der Waals surface area contributed by atoms with E-state index in [1.165, 1.54) is 11.6 Å². The van der Waals surface area contributed by atoms with Crippen molar-refractivity contribution in [1.82, 2.24) is 24.5 Å². The molecule has 85 heavy (non-hydrogen) atoms. The average molecular weight is 1180 g/mol. The molecule has 2 aromatic heterocycles. The van der Waals surface area contributed by atoms with E-state index in [1.54, 1.807) is 6.07 Å². The Kier molecular flexibility index (Phi) is 14.5. The van der Waals surface area contributed by atoms with Crippen molar-refractivity contribution < 1.29 is 46.6 Å². The van der Waals surface area contributed by atoms with E-state index in [4.69, 9.17) is 34.4 Å². The van der Waals surface area contributed by atoms with Gasteiger partial charge in [0.05, 0.1) is 51.9 Å². The number of sulfonamides is 1. The number of piperazine rings is 1. The number of nitrogens with two attached hydrogens (primary N) is 1. The van der Waals surface area contributed by atoms with Gasteiger partial charge in [-0.2, -0.15) is 4.98 Å². The lowest BCUT2D eigenvalue weighted by Gasteiger charge is -2.59. The molecule has 8 fully saturated rings. The number of para-hydroxylation sites is 1. The van der Waals surface area contributed by atoms with Crippen molar-refractivity contribution >= 4 is 61.3 Å². The minimum absolute atomic E-state index is 0.0233. The normalized spacial score (nSPS) is 27.9. The number of piperidine rings is 1. The zero-order valence-electron chi connectivity index (χ0n) is 48.6. The summed E-state index contributed by atoms with van der Waals surface area (Å²) in [5.41, 5.74) is 9.69. The minimum Gasteiger partial charge on any atom is -0.491 e. The molecule has 5 N–H and O–H groups in total. The highest BCUT2D eigenvalue weighted by atomic mass is 32.2. The van der Waals surface area contributed by atoms with Crippen molar-refractivity contribution in [3.05, 3.63) is 94.2 Å². The van der Waals surface area contributed by atoms with Gasteiger partial charge in [-0.3, -0.25) is 29.5 Å². The van der Waals surface area contributed by atoms with Crippen LogP contribution in [0.15, 0.2) is 77.8 Å². The SMILES string of the molecule is CC(C)Oc1ccccc1[C@@H]1CN(CC23CCC(C(N)=O)(CC2)CC3)CCN1C1CC2(CCN(c3ccc(C(=O)NS(=O)(=O)c4cc5c(c([N+](=O)[O-])c4)N[C@H](C4CCOCC4)CO5)c(N4c5cc6cc[nH]c6nc5O[C@H]5COCC[C@@H]54)c3)CC2)C1. The molecule has 15 rings (SSSR count). The van der Waals surface area contributed by atoms with Gasteiger partial charge in [0.25, 0.3) is 21.6 Å². The van der Waals surface area contributed by atoms with Gasteiger partial charge in [0.1, 0.15) is 29.8 Å². The Morgan fingerprint density at radius 3 is 2.41 bits per heavy atom. The molecule has 21 nitrogen and oxygen atoms in total. The number of H-pyrrole nitrogens is 1. The summed E-state index contributed by atoms with van der Waals surface area (Å²) in [7, 11) is -4.72. The predicted octanol–water partition coefficient (Wildman–Crippen LogP) is 8.60. The number of nitro groups is 1. The second-order valence-corrected chi connectivity index (χ2v) is 28.0. The Morgan fingerprint density at radius 1 is 0.894 bits per heavy atom. The highest BCUT2D eigenvalue weighted by Gasteiger charge is 2.54. The topological polar surface area (TPSA) is 249 Å². The van der Waals surface area contributed by atoms with E-state index >= 15 is 0 Å². The molecular formula is C63H78N10O11S. The Morgan fingerprint density at radius 2 is 1.66 bits per heavy atom. The van der Waals surface area contributed by atoms with E-state index in [-0.39, 0.29) is 82.5 Å². The largest absolute Gasteiger partial charge is 0.491 e. The number of carbonyl (C=O) groups is 2. The van der Waals surface area contributed by atoms with Gasteiger partial charge in [-0.15, -0.1) is 0 Å². The number of hydrogen-bond donors (Lipinski definition) is 4. The fraction of sp³-hybridized carbons (Fsp3) is 0.571. The number of hydrogen-bond acceptors (Lipinski definition) is 17. The highest BCUT2D eigenvalue weighted by Crippen LogP contribution is 2.58. The number of pyridine rings is 1. The summed E-state index contributed by atoms with van der Waals surface area (Å²) in [4.78, 5) is 57.1. The van der Waals surface area contributed by atoms with Crippen LogP contribution in [0.2, 0.25) is 0 Å². The van der Waals surface area contributed by atoms with Gasteiger partial charge in [0.15, 0.2) is 11.4 Å². The Balaban J connectivity index is 0.725. The van der Waals surface area contributed by atoms with Crippen LogP contribution in [0.5, 0.6) is 17.4 Å².